The Labute approximate surface area is 202 Å². The predicted octanol–water partition coefficient (Wildman–Crippen LogP) is 4.82. The minimum absolute atomic E-state index is 0.0347. The second kappa shape index (κ2) is 9.18. The lowest BCUT2D eigenvalue weighted by Gasteiger charge is -2.58. The Bertz CT molecular complexity index is 1080. The zero-order chi connectivity index (χ0) is 23.9. The Morgan fingerprint density at radius 1 is 1.15 bits per heavy atom. The van der Waals surface area contributed by atoms with E-state index in [2.05, 4.69) is 24.1 Å². The average molecular weight is 462 g/mol. The quantitative estimate of drug-likeness (QED) is 0.493. The molecule has 2 aromatic rings. The number of likely N-dealkylation sites (N-methyl/N-ethyl adjacent to an activating group) is 1. The number of fused-ring (bicyclic) bond motifs is 1. The van der Waals surface area contributed by atoms with Gasteiger partial charge in [0.05, 0.1) is 5.92 Å². The summed E-state index contributed by atoms with van der Waals surface area (Å²) in [6, 6.07) is 13.6. The van der Waals surface area contributed by atoms with Crippen molar-refractivity contribution in [3.63, 3.8) is 0 Å². The van der Waals surface area contributed by atoms with Gasteiger partial charge in [0.1, 0.15) is 17.3 Å². The van der Waals surface area contributed by atoms with Crippen molar-refractivity contribution in [1.29, 1.82) is 0 Å². The zero-order valence-electron chi connectivity index (χ0n) is 20.3. The Morgan fingerprint density at radius 2 is 1.94 bits per heavy atom. The third-order valence-corrected chi connectivity index (χ3v) is 8.59. The van der Waals surface area contributed by atoms with Gasteiger partial charge >= 0.3 is 5.97 Å². The number of benzene rings is 2. The Balaban J connectivity index is 1.40. The molecule has 4 atom stereocenters. The van der Waals surface area contributed by atoms with Crippen molar-refractivity contribution in [2.75, 3.05) is 13.6 Å². The molecule has 5 heteroatoms. The van der Waals surface area contributed by atoms with E-state index in [-0.39, 0.29) is 29.3 Å². The molecule has 1 saturated heterocycles. The molecule has 34 heavy (non-hydrogen) atoms. The van der Waals surface area contributed by atoms with Gasteiger partial charge in [0.2, 0.25) is 0 Å². The summed E-state index contributed by atoms with van der Waals surface area (Å²) in [5.41, 5.74) is 3.90. The van der Waals surface area contributed by atoms with Gasteiger partial charge in [-0.25, -0.2) is 0 Å². The van der Waals surface area contributed by atoms with Crippen molar-refractivity contribution in [1.82, 2.24) is 4.90 Å². The normalized spacial score (nSPS) is 26.8. The molecule has 1 aliphatic heterocycles. The fraction of sp³-hybridized carbons (Fsp3) is 0.517. The first-order valence-electron chi connectivity index (χ1n) is 12.7. The van der Waals surface area contributed by atoms with Gasteiger partial charge in [0, 0.05) is 17.9 Å². The lowest BCUT2D eigenvalue weighted by Crippen LogP contribution is -2.59. The number of piperidine rings is 1. The fourth-order valence-electron chi connectivity index (χ4n) is 6.94. The fourth-order valence-corrected chi connectivity index (χ4v) is 6.94. The van der Waals surface area contributed by atoms with E-state index < -0.39 is 5.92 Å². The summed E-state index contributed by atoms with van der Waals surface area (Å²) in [4.78, 5) is 27.6. The molecule has 1 unspecified atom stereocenters. The number of nitrogens with zero attached hydrogens (tertiary/aromatic N) is 1. The Morgan fingerprint density at radius 3 is 2.71 bits per heavy atom. The number of hydrogen-bond donors (Lipinski definition) is 1. The number of carbonyl (C=O) groups is 2. The summed E-state index contributed by atoms with van der Waals surface area (Å²) < 4.78 is 5.92. The number of ketones is 1. The van der Waals surface area contributed by atoms with Gasteiger partial charge in [-0.15, -0.1) is 0 Å². The van der Waals surface area contributed by atoms with Crippen LogP contribution in [-0.2, 0) is 27.8 Å². The number of likely N-dealkylation sites (tertiary alicyclic amines) is 1. The number of phenolic OH excluding ortho intramolecular Hbond substituents is 1. The number of ether oxygens (including phenoxy) is 1. The van der Waals surface area contributed by atoms with Gasteiger partial charge < -0.3 is 19.5 Å². The highest BCUT2D eigenvalue weighted by molar-refractivity contribution is 5.84. The van der Waals surface area contributed by atoms with Crippen molar-refractivity contribution in [3.8, 4) is 11.5 Å². The molecule has 1 saturated carbocycles. The number of carbonyl (C=O) groups excluding carboxylic acids is 2. The molecule has 2 bridgehead atoms. The van der Waals surface area contributed by atoms with E-state index in [9.17, 15) is 14.7 Å². The van der Waals surface area contributed by atoms with Gasteiger partial charge in [-0.3, -0.25) is 4.79 Å². The molecule has 0 spiro atoms. The third kappa shape index (κ3) is 4.26. The van der Waals surface area contributed by atoms with Crippen LogP contribution in [0, 0.1) is 11.8 Å². The smallest absolute Gasteiger partial charge is 0.315 e. The lowest BCUT2D eigenvalue weighted by molar-refractivity contribution is -0.140. The summed E-state index contributed by atoms with van der Waals surface area (Å²) in [5, 5.41) is 9.55. The summed E-state index contributed by atoms with van der Waals surface area (Å²) in [6.45, 7) is 2.63. The number of phenols is 1. The number of Topliss-reactive ketones (excluding diaryl/α,β-unsaturated/α-hetero) is 1. The minimum Gasteiger partial charge on any atom is -0.508 e. The standard InChI is InChI=1S/C29H35NO4/c1-19(31)15-22(16-20-6-9-23(32)10-7-20)28(33)34-24-11-8-21-17-27-25-5-3-4-12-29(25,26(21)18-24)13-14-30(27)2/h6-11,18,22,25,27,32H,3-5,12-17H2,1-2H3/t22?,25-,27+,29+/m0/s1. The van der Waals surface area contributed by atoms with Crippen LogP contribution in [0.5, 0.6) is 11.5 Å². The molecular formula is C29H35NO4. The molecule has 2 fully saturated rings. The summed E-state index contributed by atoms with van der Waals surface area (Å²) >= 11 is 0. The first kappa shape index (κ1) is 23.1. The van der Waals surface area contributed by atoms with Gasteiger partial charge in [-0.2, -0.15) is 0 Å². The molecule has 1 heterocycles. The van der Waals surface area contributed by atoms with Crippen molar-refractivity contribution < 1.29 is 19.4 Å². The van der Waals surface area contributed by atoms with E-state index in [1.54, 1.807) is 24.3 Å². The molecule has 2 aliphatic carbocycles. The van der Waals surface area contributed by atoms with E-state index in [1.807, 2.05) is 6.07 Å². The van der Waals surface area contributed by atoms with Gasteiger partial charge in [0.25, 0.3) is 0 Å². The Hall–Kier alpha value is -2.66. The summed E-state index contributed by atoms with van der Waals surface area (Å²) in [5.74, 6) is 0.509. The number of esters is 1. The lowest BCUT2D eigenvalue weighted by atomic mass is 9.52. The molecule has 2 aromatic carbocycles. The summed E-state index contributed by atoms with van der Waals surface area (Å²) in [7, 11) is 2.27. The minimum atomic E-state index is -0.550. The summed E-state index contributed by atoms with van der Waals surface area (Å²) in [6.07, 6.45) is 7.87. The van der Waals surface area contributed by atoms with Crippen molar-refractivity contribution in [2.24, 2.45) is 11.8 Å². The van der Waals surface area contributed by atoms with Gasteiger partial charge in [-0.1, -0.05) is 31.0 Å². The van der Waals surface area contributed by atoms with Crippen LogP contribution in [0.1, 0.15) is 62.1 Å². The third-order valence-electron chi connectivity index (χ3n) is 8.59. The Kier molecular flexibility index (Phi) is 6.24. The first-order chi connectivity index (χ1) is 16.4. The van der Waals surface area contributed by atoms with E-state index in [1.165, 1.54) is 50.2 Å². The molecule has 3 aliphatic rings. The van der Waals surface area contributed by atoms with Crippen LogP contribution in [-0.4, -0.2) is 41.4 Å². The van der Waals surface area contributed by atoms with Crippen molar-refractivity contribution >= 4 is 11.8 Å². The molecule has 0 radical (unpaired) electrons. The molecule has 180 valence electrons. The second-order valence-corrected chi connectivity index (χ2v) is 10.7. The van der Waals surface area contributed by atoms with E-state index in [0.29, 0.717) is 24.1 Å². The van der Waals surface area contributed by atoms with Gasteiger partial charge in [-0.05, 0) is 99.5 Å². The van der Waals surface area contributed by atoms with Crippen LogP contribution >= 0.6 is 0 Å². The van der Waals surface area contributed by atoms with Crippen LogP contribution < -0.4 is 4.74 Å². The average Bonchev–Trinajstić information content (AvgIpc) is 2.82. The maximum Gasteiger partial charge on any atom is 0.315 e. The predicted molar refractivity (Wildman–Crippen MR) is 131 cm³/mol. The molecule has 0 aromatic heterocycles. The number of rotatable bonds is 6. The largest absolute Gasteiger partial charge is 0.508 e. The van der Waals surface area contributed by atoms with Crippen LogP contribution in [0.15, 0.2) is 42.5 Å². The SMILES string of the molecule is CC(=O)CC(Cc1ccc(O)cc1)C(=O)Oc1ccc2c(c1)[C@@]13CCCC[C@H]1[C@@H](C2)N(C)CC3. The van der Waals surface area contributed by atoms with E-state index in [4.69, 9.17) is 4.74 Å². The van der Waals surface area contributed by atoms with Gasteiger partial charge in [0.15, 0.2) is 0 Å². The maximum atomic E-state index is 13.2. The number of hydrogen-bond acceptors (Lipinski definition) is 5. The molecule has 1 N–H and O–H groups in total. The second-order valence-electron chi connectivity index (χ2n) is 10.7. The highest BCUT2D eigenvalue weighted by atomic mass is 16.5. The number of aromatic hydroxyl groups is 1. The highest BCUT2D eigenvalue weighted by Crippen LogP contribution is 2.56. The highest BCUT2D eigenvalue weighted by Gasteiger charge is 2.53. The first-order valence-corrected chi connectivity index (χ1v) is 12.7. The van der Waals surface area contributed by atoms with E-state index in [0.717, 1.165) is 18.5 Å². The molecular weight excluding hydrogens is 426 g/mol. The van der Waals surface area contributed by atoms with E-state index >= 15 is 0 Å². The van der Waals surface area contributed by atoms with Crippen LogP contribution in [0.25, 0.3) is 0 Å². The van der Waals surface area contributed by atoms with Crippen molar-refractivity contribution in [3.05, 3.63) is 59.2 Å². The topological polar surface area (TPSA) is 66.8 Å². The van der Waals surface area contributed by atoms with Crippen LogP contribution in [0.2, 0.25) is 0 Å². The molecule has 0 amide bonds. The van der Waals surface area contributed by atoms with Crippen LogP contribution in [0.4, 0.5) is 0 Å². The van der Waals surface area contributed by atoms with Crippen molar-refractivity contribution in [2.45, 2.75) is 69.7 Å². The van der Waals surface area contributed by atoms with Crippen LogP contribution in [0.3, 0.4) is 0 Å². The monoisotopic (exact) mass is 461 g/mol. The maximum absolute atomic E-state index is 13.2. The zero-order valence-corrected chi connectivity index (χ0v) is 20.3. The molecule has 5 nitrogen and oxygen atoms in total. The molecule has 5 rings (SSSR count).